The summed E-state index contributed by atoms with van der Waals surface area (Å²) in [5, 5.41) is 17.0. The molecule has 1 heterocycles. The van der Waals surface area contributed by atoms with Crippen molar-refractivity contribution in [2.24, 2.45) is 10.2 Å². The van der Waals surface area contributed by atoms with Gasteiger partial charge in [-0.05, 0) is 25.5 Å². The minimum absolute atomic E-state index is 0.334. The molecule has 2 aromatic rings. The van der Waals surface area contributed by atoms with Crippen LogP contribution in [-0.2, 0) is 0 Å². The predicted octanol–water partition coefficient (Wildman–Crippen LogP) is 1.80. The van der Waals surface area contributed by atoms with E-state index in [-0.39, 0.29) is 5.69 Å². The third-order valence-corrected chi connectivity index (χ3v) is 2.51. The second-order valence-electron chi connectivity index (χ2n) is 4.10. The van der Waals surface area contributed by atoms with Crippen molar-refractivity contribution in [3.63, 3.8) is 0 Å². The van der Waals surface area contributed by atoms with Crippen LogP contribution in [0.5, 0.6) is 5.88 Å². The van der Waals surface area contributed by atoms with Gasteiger partial charge in [0.05, 0.1) is 5.69 Å². The zero-order valence-electron chi connectivity index (χ0n) is 10.4. The lowest BCUT2D eigenvalue weighted by Gasteiger charge is -2.00. The van der Waals surface area contributed by atoms with E-state index in [0.29, 0.717) is 5.69 Å². The number of aryl methyl sites for hydroxylation is 2. The molecule has 98 valence electrons. The van der Waals surface area contributed by atoms with Crippen LogP contribution in [0.4, 0.5) is 11.4 Å². The monoisotopic (exact) mass is 260 g/mol. The van der Waals surface area contributed by atoms with Crippen molar-refractivity contribution < 1.29 is 5.11 Å². The van der Waals surface area contributed by atoms with Crippen molar-refractivity contribution in [2.45, 2.75) is 13.8 Å². The van der Waals surface area contributed by atoms with Gasteiger partial charge in [0.25, 0.3) is 5.56 Å². The Morgan fingerprint density at radius 1 is 1.11 bits per heavy atom. The number of hydrogen-bond donors (Lipinski definition) is 3. The quantitative estimate of drug-likeness (QED) is 0.716. The van der Waals surface area contributed by atoms with Gasteiger partial charge in [-0.1, -0.05) is 17.7 Å². The Bertz CT molecular complexity index is 758. The van der Waals surface area contributed by atoms with Gasteiger partial charge in [0, 0.05) is 0 Å². The van der Waals surface area contributed by atoms with Gasteiger partial charge in [0.15, 0.2) is 0 Å². The summed E-state index contributed by atoms with van der Waals surface area (Å²) >= 11 is 0. The van der Waals surface area contributed by atoms with Crippen molar-refractivity contribution in [3.8, 4) is 5.88 Å². The molecule has 2 rings (SSSR count). The van der Waals surface area contributed by atoms with E-state index in [0.717, 1.165) is 11.1 Å². The van der Waals surface area contributed by atoms with Gasteiger partial charge in [-0.25, -0.2) is 4.79 Å². The summed E-state index contributed by atoms with van der Waals surface area (Å²) in [6, 6.07) is 5.54. The molecule has 19 heavy (non-hydrogen) atoms. The van der Waals surface area contributed by atoms with Crippen LogP contribution in [0.1, 0.15) is 11.1 Å². The van der Waals surface area contributed by atoms with Crippen LogP contribution in [-0.4, -0.2) is 15.1 Å². The zero-order valence-corrected chi connectivity index (χ0v) is 10.4. The molecule has 0 aliphatic carbocycles. The van der Waals surface area contributed by atoms with Crippen LogP contribution in [0.2, 0.25) is 0 Å². The largest absolute Gasteiger partial charge is 0.493 e. The predicted molar refractivity (Wildman–Crippen MR) is 69.4 cm³/mol. The fourth-order valence-corrected chi connectivity index (χ4v) is 1.58. The number of aromatic hydroxyl groups is 1. The van der Waals surface area contributed by atoms with Gasteiger partial charge in [-0.3, -0.25) is 14.8 Å². The maximum atomic E-state index is 11.4. The van der Waals surface area contributed by atoms with Gasteiger partial charge in [0.1, 0.15) is 0 Å². The fraction of sp³-hybridized carbons (Fsp3) is 0.167. The SMILES string of the molecule is Cc1ccc(N=Nc2c(O)[nH]c(=O)[nH]c2=O)c(C)c1. The average Bonchev–Trinajstić information content (AvgIpc) is 2.30. The summed E-state index contributed by atoms with van der Waals surface area (Å²) in [5.74, 6) is -0.609. The minimum Gasteiger partial charge on any atom is -0.493 e. The standard InChI is InChI=1S/C12H12N4O3/c1-6-3-4-8(7(2)5-6)15-16-9-10(17)13-12(19)14-11(9)18/h3-5H,1-2H3,(H3,13,14,17,18,19). The first kappa shape index (κ1) is 12.7. The van der Waals surface area contributed by atoms with Crippen LogP contribution < -0.4 is 11.2 Å². The molecule has 0 bridgehead atoms. The number of nitrogens with zero attached hydrogens (tertiary/aromatic N) is 2. The second kappa shape index (κ2) is 4.89. The number of benzene rings is 1. The Morgan fingerprint density at radius 3 is 2.47 bits per heavy atom. The molecule has 0 spiro atoms. The van der Waals surface area contributed by atoms with E-state index >= 15 is 0 Å². The summed E-state index contributed by atoms with van der Waals surface area (Å²) in [5.41, 5.74) is 0.628. The minimum atomic E-state index is -0.798. The molecule has 7 nitrogen and oxygen atoms in total. The highest BCUT2D eigenvalue weighted by Crippen LogP contribution is 2.23. The van der Waals surface area contributed by atoms with Crippen molar-refractivity contribution >= 4 is 11.4 Å². The van der Waals surface area contributed by atoms with E-state index in [1.165, 1.54) is 0 Å². The van der Waals surface area contributed by atoms with Crippen LogP contribution in [0.25, 0.3) is 0 Å². The van der Waals surface area contributed by atoms with E-state index in [4.69, 9.17) is 0 Å². The first-order valence-electron chi connectivity index (χ1n) is 5.52. The van der Waals surface area contributed by atoms with Gasteiger partial charge < -0.3 is 5.11 Å². The maximum Gasteiger partial charge on any atom is 0.328 e. The average molecular weight is 260 g/mol. The molecule has 1 aromatic carbocycles. The number of aromatic amines is 2. The molecular weight excluding hydrogens is 248 g/mol. The highest BCUT2D eigenvalue weighted by atomic mass is 16.3. The molecule has 3 N–H and O–H groups in total. The maximum absolute atomic E-state index is 11.4. The van der Waals surface area contributed by atoms with Crippen molar-refractivity contribution in [1.29, 1.82) is 0 Å². The highest BCUT2D eigenvalue weighted by Gasteiger charge is 2.07. The van der Waals surface area contributed by atoms with Crippen LogP contribution >= 0.6 is 0 Å². The Hall–Kier alpha value is -2.70. The molecular formula is C12H12N4O3. The molecule has 0 amide bonds. The third-order valence-electron chi connectivity index (χ3n) is 2.51. The molecule has 0 fully saturated rings. The van der Waals surface area contributed by atoms with Crippen LogP contribution in [0.3, 0.4) is 0 Å². The van der Waals surface area contributed by atoms with E-state index in [2.05, 4.69) is 10.2 Å². The van der Waals surface area contributed by atoms with E-state index in [1.54, 1.807) is 6.07 Å². The molecule has 0 saturated heterocycles. The number of hydrogen-bond acceptors (Lipinski definition) is 5. The number of nitrogens with one attached hydrogen (secondary N) is 2. The van der Waals surface area contributed by atoms with E-state index < -0.39 is 17.1 Å². The van der Waals surface area contributed by atoms with Crippen LogP contribution in [0.15, 0.2) is 38.0 Å². The summed E-state index contributed by atoms with van der Waals surface area (Å²) in [7, 11) is 0. The molecule has 0 aliphatic heterocycles. The highest BCUT2D eigenvalue weighted by molar-refractivity contribution is 5.48. The van der Waals surface area contributed by atoms with Gasteiger partial charge in [-0.15, -0.1) is 10.2 Å². The first-order valence-corrected chi connectivity index (χ1v) is 5.52. The third kappa shape index (κ3) is 2.76. The van der Waals surface area contributed by atoms with Gasteiger partial charge in [0.2, 0.25) is 11.6 Å². The summed E-state index contributed by atoms with van der Waals surface area (Å²) in [4.78, 5) is 26.3. The topological polar surface area (TPSA) is 111 Å². The Labute approximate surface area is 107 Å². The molecule has 0 radical (unpaired) electrons. The Morgan fingerprint density at radius 2 is 1.84 bits per heavy atom. The smallest absolute Gasteiger partial charge is 0.328 e. The summed E-state index contributed by atoms with van der Waals surface area (Å²) in [6.07, 6.45) is 0. The molecule has 1 aromatic heterocycles. The Balaban J connectivity index is 2.44. The van der Waals surface area contributed by atoms with Crippen molar-refractivity contribution in [2.75, 3.05) is 0 Å². The normalized spacial score (nSPS) is 11.1. The van der Waals surface area contributed by atoms with Gasteiger partial charge >= 0.3 is 5.69 Å². The number of aromatic nitrogens is 2. The van der Waals surface area contributed by atoms with E-state index in [1.807, 2.05) is 35.9 Å². The molecule has 0 aliphatic rings. The first-order chi connectivity index (χ1) is 8.97. The lowest BCUT2D eigenvalue weighted by Crippen LogP contribution is -2.20. The molecule has 7 heteroatoms. The number of H-pyrrole nitrogens is 2. The zero-order chi connectivity index (χ0) is 14.0. The van der Waals surface area contributed by atoms with Gasteiger partial charge in [-0.2, -0.15) is 0 Å². The molecule has 0 unspecified atom stereocenters. The summed E-state index contributed by atoms with van der Waals surface area (Å²) in [6.45, 7) is 3.81. The Kier molecular flexibility index (Phi) is 3.28. The fourth-order valence-electron chi connectivity index (χ4n) is 1.58. The summed E-state index contributed by atoms with van der Waals surface area (Å²) < 4.78 is 0. The number of rotatable bonds is 2. The number of azo groups is 1. The molecule has 0 saturated carbocycles. The second-order valence-corrected chi connectivity index (χ2v) is 4.10. The molecule has 0 atom stereocenters. The lowest BCUT2D eigenvalue weighted by molar-refractivity contribution is 0.450. The van der Waals surface area contributed by atoms with Crippen molar-refractivity contribution in [1.82, 2.24) is 9.97 Å². The van der Waals surface area contributed by atoms with Crippen molar-refractivity contribution in [3.05, 3.63) is 50.2 Å². The van der Waals surface area contributed by atoms with Crippen LogP contribution in [0, 0.1) is 13.8 Å². The van der Waals surface area contributed by atoms with E-state index in [9.17, 15) is 14.7 Å². The lowest BCUT2D eigenvalue weighted by atomic mass is 10.1.